The molecule has 0 spiro atoms. The van der Waals surface area contributed by atoms with Crippen molar-refractivity contribution in [1.82, 2.24) is 14.4 Å². The molecular formula is C68H78BN5OSi2. The number of rotatable bonds is 9. The minimum absolute atomic E-state index is 0.00847. The molecule has 4 bridgehead atoms. The van der Waals surface area contributed by atoms with Crippen molar-refractivity contribution in [1.29, 1.82) is 0 Å². The Kier molecular flexibility index (Phi) is 11.7. The number of nitrogens with zero attached hydrogens (tertiary/aromatic N) is 5. The number of hydrogen-bond donors (Lipinski definition) is 0. The fourth-order valence-electron chi connectivity index (χ4n) is 15.3. The van der Waals surface area contributed by atoms with Gasteiger partial charge < -0.3 is 19.3 Å². The maximum atomic E-state index is 7.25. The smallest absolute Gasteiger partial charge is 0.316 e. The lowest BCUT2D eigenvalue weighted by Gasteiger charge is -2.63. The van der Waals surface area contributed by atoms with Crippen molar-refractivity contribution < 1.29 is 4.74 Å². The Balaban J connectivity index is 0.938. The average molecular weight is 1050 g/mol. The summed E-state index contributed by atoms with van der Waals surface area (Å²) < 4.78 is 9.70. The highest BCUT2D eigenvalue weighted by Crippen LogP contribution is 2.66. The van der Waals surface area contributed by atoms with Gasteiger partial charge in [0.05, 0.1) is 38.6 Å². The molecule has 14 rings (SSSR count). The molecule has 3 aliphatic heterocycles. The van der Waals surface area contributed by atoms with Gasteiger partial charge in [-0.3, -0.25) is 4.57 Å². The molecular weight excluding hydrogens is 970 g/mol. The first-order valence-electron chi connectivity index (χ1n) is 28.8. The van der Waals surface area contributed by atoms with Gasteiger partial charge in [0.2, 0.25) is 0 Å². The number of ether oxygens (including phenoxy) is 1. The summed E-state index contributed by atoms with van der Waals surface area (Å²) in [7, 11) is -3.48. The SMILES string of the molecule is CC(C)(C)c1cc(Oc2ccc3c4cc(C(C)(C)C)ccc4n(-c4cc(C5(C6=CC=CN7C=CC=CB67)C6CC7CC(C6)CC5C7)ccn4)c3c2)cc(N2CN(c3c([Si](C)(C)C)cccc3[Si](C)(C)C)c3ccccc32)c1. The summed E-state index contributed by atoms with van der Waals surface area (Å²) in [5.74, 6) is 7.96. The van der Waals surface area contributed by atoms with Crippen LogP contribution in [0.4, 0.5) is 22.7 Å². The third-order valence-electron chi connectivity index (χ3n) is 18.8. The molecule has 5 heterocycles. The number of para-hydroxylation sites is 3. The van der Waals surface area contributed by atoms with Crippen molar-refractivity contribution in [3.8, 4) is 17.3 Å². The average Bonchev–Trinajstić information content (AvgIpc) is 4.05. The second-order valence-electron chi connectivity index (χ2n) is 27.9. The van der Waals surface area contributed by atoms with E-state index in [0.29, 0.717) is 11.8 Å². The lowest BCUT2D eigenvalue weighted by Crippen LogP contribution is -2.60. The topological polar surface area (TPSA) is 36.8 Å². The number of hydrogen-bond acceptors (Lipinski definition) is 5. The first-order chi connectivity index (χ1) is 36.6. The Morgan fingerprint density at radius 3 is 1.95 bits per heavy atom. The zero-order valence-electron chi connectivity index (χ0n) is 47.8. The van der Waals surface area contributed by atoms with Crippen LogP contribution in [0.2, 0.25) is 39.3 Å². The molecule has 9 heteroatoms. The van der Waals surface area contributed by atoms with Crippen LogP contribution in [0.25, 0.3) is 27.6 Å². The van der Waals surface area contributed by atoms with E-state index in [1.807, 2.05) is 0 Å². The van der Waals surface area contributed by atoms with Crippen molar-refractivity contribution in [3.05, 3.63) is 180 Å². The maximum Gasteiger partial charge on any atom is 0.316 e. The Hall–Kier alpha value is -6.29. The van der Waals surface area contributed by atoms with Gasteiger partial charge in [-0.15, -0.1) is 0 Å². The number of fused-ring (bicyclic) bond motifs is 5. The Morgan fingerprint density at radius 2 is 1.27 bits per heavy atom. The van der Waals surface area contributed by atoms with Crippen LogP contribution in [-0.2, 0) is 16.2 Å². The van der Waals surface area contributed by atoms with Crippen LogP contribution in [0, 0.1) is 23.7 Å². The van der Waals surface area contributed by atoms with Crippen LogP contribution in [0.5, 0.6) is 11.5 Å². The molecule has 392 valence electrons. The second-order valence-corrected chi connectivity index (χ2v) is 38.0. The largest absolute Gasteiger partial charge is 0.457 e. The van der Waals surface area contributed by atoms with Gasteiger partial charge in [0.15, 0.2) is 0 Å². The van der Waals surface area contributed by atoms with Gasteiger partial charge in [0.25, 0.3) is 0 Å². The molecule has 4 aliphatic carbocycles. The number of allylic oxidation sites excluding steroid dienone is 5. The molecule has 0 unspecified atom stereocenters. The number of benzene rings is 5. The highest BCUT2D eigenvalue weighted by Gasteiger charge is 2.61. The molecule has 7 aromatic rings. The quantitative estimate of drug-likeness (QED) is 0.135. The van der Waals surface area contributed by atoms with Crippen molar-refractivity contribution in [2.24, 2.45) is 23.7 Å². The van der Waals surface area contributed by atoms with Crippen LogP contribution in [0.3, 0.4) is 0 Å². The fraction of sp³-hybridized carbons (Fsp3) is 0.368. The van der Waals surface area contributed by atoms with E-state index in [9.17, 15) is 0 Å². The number of pyridine rings is 1. The molecule has 0 N–H and O–H groups in total. The van der Waals surface area contributed by atoms with E-state index in [-0.39, 0.29) is 23.1 Å². The number of anilines is 4. The van der Waals surface area contributed by atoms with Crippen molar-refractivity contribution in [2.75, 3.05) is 16.5 Å². The zero-order chi connectivity index (χ0) is 53.6. The van der Waals surface area contributed by atoms with Gasteiger partial charge in [-0.25, -0.2) is 4.98 Å². The molecule has 2 aromatic heterocycles. The highest BCUT2D eigenvalue weighted by atomic mass is 28.3. The molecule has 4 saturated carbocycles. The normalized spacial score (nSPS) is 22.9. The molecule has 0 saturated heterocycles. The van der Waals surface area contributed by atoms with Gasteiger partial charge in [-0.05, 0) is 179 Å². The highest BCUT2D eigenvalue weighted by molar-refractivity contribution is 6.93. The summed E-state index contributed by atoms with van der Waals surface area (Å²) in [6.07, 6.45) is 22.6. The third kappa shape index (κ3) is 8.34. The first kappa shape index (κ1) is 50.2. The Morgan fingerprint density at radius 1 is 0.597 bits per heavy atom. The lowest BCUT2D eigenvalue weighted by atomic mass is 9.33. The summed E-state index contributed by atoms with van der Waals surface area (Å²) in [6, 6.07) is 41.9. The van der Waals surface area contributed by atoms with E-state index in [4.69, 9.17) is 9.72 Å². The summed E-state index contributed by atoms with van der Waals surface area (Å²) in [5, 5.41) is 5.51. The van der Waals surface area contributed by atoms with E-state index >= 15 is 0 Å². The summed E-state index contributed by atoms with van der Waals surface area (Å²) >= 11 is 0. The standard InChI is InChI=1S/C68H78BN5OSi2/c1-66(2,3)47-24-27-57-56(40-47)55-26-25-53(43-60(55)74(57)64-41-48(28-30-70-64)68(50-34-45-33-46(36-50)37-51(68)35-45)63-23-18-32-71-31-16-15-29-69(63)71)75-54-39-49(67(4,5)6)38-52(42-54)72-44-73(59-20-14-13-19-58(59)72)65-61(76(7,8)9)21-17-22-62(65)77(10,11)12/h13-32,38-43,45-46,50-51H,33-37,44H2,1-12H3. The van der Waals surface area contributed by atoms with Gasteiger partial charge >= 0.3 is 6.85 Å². The minimum Gasteiger partial charge on any atom is -0.457 e. The van der Waals surface area contributed by atoms with Crippen molar-refractivity contribution >= 4 is 77.9 Å². The molecule has 5 aromatic carbocycles. The zero-order valence-corrected chi connectivity index (χ0v) is 49.8. The van der Waals surface area contributed by atoms with Gasteiger partial charge in [-0.1, -0.05) is 141 Å². The minimum atomic E-state index is -1.74. The van der Waals surface area contributed by atoms with E-state index in [0.717, 1.165) is 47.0 Å². The molecule has 7 aliphatic rings. The molecule has 0 amide bonds. The molecule has 77 heavy (non-hydrogen) atoms. The molecule has 0 radical (unpaired) electrons. The van der Waals surface area contributed by atoms with Crippen LogP contribution >= 0.6 is 0 Å². The van der Waals surface area contributed by atoms with Crippen LogP contribution in [-0.4, -0.2) is 44.0 Å². The second kappa shape index (κ2) is 17.9. The fourth-order valence-corrected chi connectivity index (χ4v) is 18.6. The van der Waals surface area contributed by atoms with E-state index in [1.165, 1.54) is 92.5 Å². The Bertz CT molecular complexity index is 3590. The predicted molar refractivity (Wildman–Crippen MR) is 332 cm³/mol. The van der Waals surface area contributed by atoms with Gasteiger partial charge in [-0.2, -0.15) is 0 Å². The Labute approximate surface area is 461 Å². The van der Waals surface area contributed by atoms with Crippen molar-refractivity contribution in [2.45, 2.75) is 129 Å². The summed E-state index contributed by atoms with van der Waals surface area (Å²) in [4.78, 5) is 13.0. The lowest BCUT2D eigenvalue weighted by molar-refractivity contribution is -0.0411. The molecule has 6 nitrogen and oxygen atoms in total. The number of aromatic nitrogens is 2. The first-order valence-corrected chi connectivity index (χ1v) is 35.8. The van der Waals surface area contributed by atoms with Gasteiger partial charge in [0.1, 0.15) is 24.0 Å². The van der Waals surface area contributed by atoms with Crippen LogP contribution in [0.1, 0.15) is 90.3 Å². The molecule has 4 fully saturated rings. The summed E-state index contributed by atoms with van der Waals surface area (Å²) in [5.41, 5.74) is 12.7. The predicted octanol–water partition coefficient (Wildman–Crippen LogP) is 16.5. The van der Waals surface area contributed by atoms with Gasteiger partial charge in [0, 0.05) is 45.9 Å². The maximum absolute atomic E-state index is 7.25. The van der Waals surface area contributed by atoms with Crippen molar-refractivity contribution in [3.63, 3.8) is 0 Å². The molecule has 0 atom stereocenters. The van der Waals surface area contributed by atoms with Crippen LogP contribution in [0.15, 0.2) is 164 Å². The monoisotopic (exact) mass is 1050 g/mol. The van der Waals surface area contributed by atoms with E-state index in [1.54, 1.807) is 5.47 Å². The third-order valence-corrected chi connectivity index (χ3v) is 22.8. The van der Waals surface area contributed by atoms with E-state index < -0.39 is 16.1 Å². The van der Waals surface area contributed by atoms with Crippen LogP contribution < -0.4 is 24.9 Å². The summed E-state index contributed by atoms with van der Waals surface area (Å²) in [6.45, 7) is 29.8. The van der Waals surface area contributed by atoms with E-state index in [2.05, 4.69) is 258 Å².